The zero-order chi connectivity index (χ0) is 15.0. The predicted molar refractivity (Wildman–Crippen MR) is 67.7 cm³/mol. The average Bonchev–Trinajstić information content (AvgIpc) is 2.97. The van der Waals surface area contributed by atoms with Crippen molar-refractivity contribution in [1.29, 1.82) is 0 Å². The van der Waals surface area contributed by atoms with Gasteiger partial charge in [-0.3, -0.25) is 14.3 Å². The molecule has 21 heavy (non-hydrogen) atoms. The Balaban J connectivity index is 1.75. The molecule has 0 saturated carbocycles. The van der Waals surface area contributed by atoms with Crippen LogP contribution < -0.4 is 0 Å². The van der Waals surface area contributed by atoms with Crippen LogP contribution >= 0.6 is 0 Å². The first-order valence-electron chi connectivity index (χ1n) is 6.10. The van der Waals surface area contributed by atoms with Gasteiger partial charge in [0.1, 0.15) is 0 Å². The summed E-state index contributed by atoms with van der Waals surface area (Å²) in [6, 6.07) is 6.29. The molecule has 8 nitrogen and oxygen atoms in total. The Hall–Kier alpha value is -3.03. The Kier molecular flexibility index (Phi) is 2.98. The van der Waals surface area contributed by atoms with Gasteiger partial charge in [-0.25, -0.2) is 4.79 Å². The molecule has 2 amide bonds. The van der Waals surface area contributed by atoms with Crippen molar-refractivity contribution < 1.29 is 19.2 Å². The third-order valence-electron chi connectivity index (χ3n) is 3.08. The smallest absolute Gasteiger partial charge is 0.329 e. The van der Waals surface area contributed by atoms with Gasteiger partial charge in [-0.2, -0.15) is 0 Å². The van der Waals surface area contributed by atoms with Crippen molar-refractivity contribution in [1.82, 2.24) is 20.1 Å². The monoisotopic (exact) mass is 286 g/mol. The Morgan fingerprint density at radius 3 is 2.33 bits per heavy atom. The van der Waals surface area contributed by atoms with E-state index >= 15 is 0 Å². The van der Waals surface area contributed by atoms with E-state index in [1.165, 1.54) is 23.0 Å². The molecule has 1 aromatic heterocycles. The van der Waals surface area contributed by atoms with Crippen LogP contribution in [0.4, 0.5) is 0 Å². The quantitative estimate of drug-likeness (QED) is 0.743. The molecule has 8 heteroatoms. The molecule has 0 unspecified atom stereocenters. The Morgan fingerprint density at radius 2 is 1.81 bits per heavy atom. The van der Waals surface area contributed by atoms with Gasteiger partial charge >= 0.3 is 5.97 Å². The van der Waals surface area contributed by atoms with E-state index in [0.717, 1.165) is 0 Å². The van der Waals surface area contributed by atoms with Crippen molar-refractivity contribution in [2.45, 2.75) is 6.42 Å². The first kappa shape index (κ1) is 13.0. The maximum absolute atomic E-state index is 12.0. The second-order valence-electron chi connectivity index (χ2n) is 4.44. The number of nitrogens with zero attached hydrogens (tertiary/aromatic N) is 4. The number of imide groups is 1. The highest BCUT2D eigenvalue weighted by Gasteiger charge is 2.38. The highest BCUT2D eigenvalue weighted by molar-refractivity contribution is 6.20. The van der Waals surface area contributed by atoms with E-state index in [0.29, 0.717) is 10.8 Å². The topological polar surface area (TPSA) is 94.4 Å². The number of hydroxylamine groups is 2. The average molecular weight is 286 g/mol. The van der Waals surface area contributed by atoms with Crippen LogP contribution in [-0.4, -0.2) is 37.8 Å². The van der Waals surface area contributed by atoms with E-state index in [4.69, 9.17) is 4.84 Å². The van der Waals surface area contributed by atoms with E-state index in [9.17, 15) is 14.4 Å². The minimum atomic E-state index is -0.741. The summed E-state index contributed by atoms with van der Waals surface area (Å²) in [6.07, 6.45) is 1.26. The van der Waals surface area contributed by atoms with E-state index < -0.39 is 17.8 Å². The van der Waals surface area contributed by atoms with Gasteiger partial charge in [0.15, 0.2) is 0 Å². The number of hydrogen-bond acceptors (Lipinski definition) is 6. The summed E-state index contributed by atoms with van der Waals surface area (Å²) in [5, 5.41) is 7.78. The summed E-state index contributed by atoms with van der Waals surface area (Å²) in [5.74, 6) is -2.03. The number of fused-ring (bicyclic) bond motifs is 1. The second-order valence-corrected chi connectivity index (χ2v) is 4.44. The Morgan fingerprint density at radius 1 is 1.19 bits per heavy atom. The van der Waals surface area contributed by atoms with Gasteiger partial charge in [-0.15, -0.1) is 5.10 Å². The van der Waals surface area contributed by atoms with Crippen molar-refractivity contribution in [2.24, 2.45) is 7.05 Å². The SMILES string of the molecule is Cn1nncc1CC(=O)ON1C(=O)c2ccccc2C1=O. The van der Waals surface area contributed by atoms with Crippen molar-refractivity contribution >= 4 is 17.8 Å². The Bertz CT molecular complexity index is 717. The van der Waals surface area contributed by atoms with E-state index in [1.807, 2.05) is 0 Å². The molecule has 0 N–H and O–H groups in total. The zero-order valence-electron chi connectivity index (χ0n) is 11.0. The van der Waals surface area contributed by atoms with Crippen LogP contribution in [0.25, 0.3) is 0 Å². The van der Waals surface area contributed by atoms with E-state index in [2.05, 4.69) is 10.3 Å². The van der Waals surface area contributed by atoms with Crippen LogP contribution in [0.1, 0.15) is 26.4 Å². The molecular weight excluding hydrogens is 276 g/mol. The fourth-order valence-corrected chi connectivity index (χ4v) is 2.00. The molecule has 0 atom stereocenters. The van der Waals surface area contributed by atoms with Crippen molar-refractivity contribution in [3.05, 3.63) is 47.3 Å². The second kappa shape index (κ2) is 4.82. The maximum atomic E-state index is 12.0. The normalized spacial score (nSPS) is 13.5. The van der Waals surface area contributed by atoms with Crippen molar-refractivity contribution in [3.8, 4) is 0 Å². The lowest BCUT2D eigenvalue weighted by Gasteiger charge is -2.12. The third kappa shape index (κ3) is 2.16. The zero-order valence-corrected chi connectivity index (χ0v) is 11.0. The molecular formula is C13H10N4O4. The Labute approximate surface area is 118 Å². The number of benzene rings is 1. The summed E-state index contributed by atoms with van der Waals surface area (Å²) in [7, 11) is 1.62. The van der Waals surface area contributed by atoms with Crippen LogP contribution in [-0.2, 0) is 23.1 Å². The van der Waals surface area contributed by atoms with Crippen LogP contribution in [0.2, 0.25) is 0 Å². The molecule has 0 aliphatic carbocycles. The number of carbonyl (C=O) groups excluding carboxylic acids is 3. The molecule has 0 radical (unpaired) electrons. The van der Waals surface area contributed by atoms with Gasteiger partial charge in [-0.05, 0) is 12.1 Å². The molecule has 3 rings (SSSR count). The molecule has 2 aromatic rings. The summed E-state index contributed by atoms with van der Waals surface area (Å²) in [4.78, 5) is 40.7. The fourth-order valence-electron chi connectivity index (χ4n) is 2.00. The highest BCUT2D eigenvalue weighted by Crippen LogP contribution is 2.22. The number of hydrogen-bond donors (Lipinski definition) is 0. The fraction of sp³-hybridized carbons (Fsp3) is 0.154. The third-order valence-corrected chi connectivity index (χ3v) is 3.08. The van der Waals surface area contributed by atoms with Crippen LogP contribution in [0.15, 0.2) is 30.5 Å². The number of carbonyl (C=O) groups is 3. The van der Waals surface area contributed by atoms with Crippen molar-refractivity contribution in [2.75, 3.05) is 0 Å². The van der Waals surface area contributed by atoms with Crippen LogP contribution in [0, 0.1) is 0 Å². The van der Waals surface area contributed by atoms with Gasteiger partial charge in [0.05, 0.1) is 29.4 Å². The number of amides is 2. The summed E-state index contributed by atoms with van der Waals surface area (Å²) >= 11 is 0. The van der Waals surface area contributed by atoms with E-state index in [1.54, 1.807) is 19.2 Å². The molecule has 0 fully saturated rings. The largest absolute Gasteiger partial charge is 0.339 e. The molecule has 1 aliphatic rings. The summed E-state index contributed by atoms with van der Waals surface area (Å²) in [6.45, 7) is 0. The van der Waals surface area contributed by atoms with Crippen LogP contribution in [0.3, 0.4) is 0 Å². The predicted octanol–water partition coefficient (Wildman–Crippen LogP) is 0.112. The molecule has 0 bridgehead atoms. The first-order valence-corrected chi connectivity index (χ1v) is 6.10. The van der Waals surface area contributed by atoms with Gasteiger partial charge in [0.2, 0.25) is 0 Å². The number of rotatable bonds is 3. The molecule has 1 aliphatic heterocycles. The lowest BCUT2D eigenvalue weighted by atomic mass is 10.1. The highest BCUT2D eigenvalue weighted by atomic mass is 16.7. The number of aryl methyl sites for hydroxylation is 1. The molecule has 106 valence electrons. The van der Waals surface area contributed by atoms with Crippen LogP contribution in [0.5, 0.6) is 0 Å². The summed E-state index contributed by atoms with van der Waals surface area (Å²) in [5.41, 5.74) is 0.951. The van der Waals surface area contributed by atoms with Crippen molar-refractivity contribution in [3.63, 3.8) is 0 Å². The lowest BCUT2D eigenvalue weighted by molar-refractivity contribution is -0.167. The van der Waals surface area contributed by atoms with Gasteiger partial charge in [-0.1, -0.05) is 22.4 Å². The minimum absolute atomic E-state index is 0.142. The maximum Gasteiger partial charge on any atom is 0.339 e. The first-order chi connectivity index (χ1) is 10.1. The van der Waals surface area contributed by atoms with Gasteiger partial charge in [0, 0.05) is 7.05 Å². The van der Waals surface area contributed by atoms with Gasteiger partial charge in [0.25, 0.3) is 11.8 Å². The summed E-state index contributed by atoms with van der Waals surface area (Å²) < 4.78 is 1.41. The number of aromatic nitrogens is 3. The molecule has 0 saturated heterocycles. The molecule has 2 heterocycles. The molecule has 1 aromatic carbocycles. The standard InChI is InChI=1S/C13H10N4O4/c1-16-8(7-14-15-16)6-11(18)21-17-12(19)9-4-2-3-5-10(9)13(17)20/h2-5,7H,6H2,1H3. The molecule has 0 spiro atoms. The lowest BCUT2D eigenvalue weighted by Crippen LogP contribution is -2.33. The van der Waals surface area contributed by atoms with Gasteiger partial charge < -0.3 is 4.84 Å². The van der Waals surface area contributed by atoms with E-state index in [-0.39, 0.29) is 17.5 Å². The minimum Gasteiger partial charge on any atom is -0.329 e.